The number of carbonyl (C=O) groups is 7. The number of morpholine rings is 1. The molecule has 4 aliphatic heterocycles. The number of halogens is 7. The van der Waals surface area contributed by atoms with Crippen molar-refractivity contribution in [3.8, 4) is 0 Å². The Morgan fingerprint density at radius 1 is 0.415 bits per heavy atom. The highest BCUT2D eigenvalue weighted by molar-refractivity contribution is 6.41. The van der Waals surface area contributed by atoms with Crippen LogP contribution in [0, 0.1) is 34.6 Å². The van der Waals surface area contributed by atoms with Crippen molar-refractivity contribution >= 4 is 151 Å². The fourth-order valence-electron chi connectivity index (χ4n) is 8.91. The molecule has 0 aromatic heterocycles. The van der Waals surface area contributed by atoms with Gasteiger partial charge in [0.15, 0.2) is 0 Å². The number of anilines is 5. The van der Waals surface area contributed by atoms with Crippen molar-refractivity contribution in [2.75, 3.05) is 139 Å². The van der Waals surface area contributed by atoms with Crippen molar-refractivity contribution in [3.63, 3.8) is 0 Å². The van der Waals surface area contributed by atoms with Gasteiger partial charge in [0.25, 0.3) is 0 Å². The molecule has 4 fully saturated rings. The first kappa shape index (κ1) is 88.2. The van der Waals surface area contributed by atoms with Gasteiger partial charge in [0.1, 0.15) is 0 Å². The van der Waals surface area contributed by atoms with Crippen molar-refractivity contribution in [1.82, 2.24) is 29.8 Å². The van der Waals surface area contributed by atoms with Crippen LogP contribution in [0.4, 0.5) is 28.4 Å². The van der Waals surface area contributed by atoms with Gasteiger partial charge >= 0.3 is 23.6 Å². The average Bonchev–Trinajstić information content (AvgIpc) is 0.960. The third-order valence-corrected chi connectivity index (χ3v) is 16.9. The zero-order chi connectivity index (χ0) is 65.3. The van der Waals surface area contributed by atoms with Gasteiger partial charge in [-0.1, -0.05) is 137 Å². The van der Waals surface area contributed by atoms with Crippen LogP contribution >= 0.6 is 81.2 Å². The number of nitrogens with zero attached hydrogens (tertiary/aromatic N) is 5. The summed E-state index contributed by atoms with van der Waals surface area (Å²) >= 11 is 41.9. The standard InChI is InChI=1S/C13H16Cl2N2O.C13H16ClN3O2.C13H15ClN2O3.C13H17ClN2O.C11H14Cl2N2O.5CH4/c1-9-11(14)6-10(7-12(9)15)16-13(18)8-17-4-2-3-5-17;1-9-2-3-10(8-11(9)14)16-12(18)13(19)17-6-4-15-5-7-17;1-9-2-3-10(8-11(9)14)15-12(17)13(18)16-4-6-19-7-5-16;1-10-4-5-11(8-12(10)14)15-13(17)9-16-6-2-3-7-16;1-7-9(12)4-8(5-10(7)13)14-11(16)6-15(2)3;;;;;/h6-7H,2-5,8H2,1H3,(H,16,18);2-3,8,15H,4-7H2,1H3,(H,16,18);2-3,8H,4-7H2,1H3,(H,15,17);4-5,8H,2-3,6-7,9H2,1H3,(H,15,17);4-5H,6H2,1-3H3,(H,14,16);5*1H4. The van der Waals surface area contributed by atoms with Crippen LogP contribution in [0.5, 0.6) is 0 Å². The SMILES string of the molecule is C.C.C.C.C.Cc1c(Cl)cc(NC(=O)CN(C)C)cc1Cl.Cc1c(Cl)cc(NC(=O)CN2CCCC2)cc1Cl.Cc1ccc(NC(=O)C(=O)N2CCNCC2)cc1Cl.Cc1ccc(NC(=O)C(=O)N2CCOCC2)cc1Cl.Cc1ccc(NC(=O)CN2CCCC2)cc1Cl. The molecular formula is C68H98Cl7N11O8. The van der Waals surface area contributed by atoms with Crippen molar-refractivity contribution in [2.45, 2.75) is 97.4 Å². The fourth-order valence-corrected chi connectivity index (χ4v) is 10.4. The molecule has 5 aromatic carbocycles. The summed E-state index contributed by atoms with van der Waals surface area (Å²) in [5.74, 6) is -2.40. The number of aryl methyl sites for hydroxylation is 3. The molecule has 7 amide bonds. The van der Waals surface area contributed by atoms with Crippen molar-refractivity contribution < 1.29 is 38.3 Å². The number of piperazine rings is 1. The van der Waals surface area contributed by atoms with Crippen LogP contribution in [-0.4, -0.2) is 178 Å². The lowest BCUT2D eigenvalue weighted by Crippen LogP contribution is -2.49. The minimum Gasteiger partial charge on any atom is -0.378 e. The van der Waals surface area contributed by atoms with Gasteiger partial charge in [0.05, 0.1) is 32.8 Å². The van der Waals surface area contributed by atoms with Crippen LogP contribution in [0.25, 0.3) is 0 Å². The molecule has 0 radical (unpaired) electrons. The second kappa shape index (κ2) is 44.9. The molecule has 0 bridgehead atoms. The molecule has 4 heterocycles. The van der Waals surface area contributed by atoms with Crippen molar-refractivity contribution in [1.29, 1.82) is 0 Å². The van der Waals surface area contributed by atoms with E-state index in [2.05, 4.69) is 41.7 Å². The van der Waals surface area contributed by atoms with E-state index in [4.69, 9.17) is 85.9 Å². The van der Waals surface area contributed by atoms with E-state index in [0.717, 1.165) is 72.8 Å². The van der Waals surface area contributed by atoms with Gasteiger partial charge in [0.2, 0.25) is 17.7 Å². The van der Waals surface area contributed by atoms with Gasteiger partial charge < -0.3 is 51.3 Å². The zero-order valence-electron chi connectivity index (χ0n) is 51.1. The maximum atomic E-state index is 11.9. The summed E-state index contributed by atoms with van der Waals surface area (Å²) in [5.41, 5.74) is 7.59. The van der Waals surface area contributed by atoms with Gasteiger partial charge in [0, 0.05) is 103 Å². The van der Waals surface area contributed by atoms with E-state index in [1.54, 1.807) is 76.5 Å². The van der Waals surface area contributed by atoms with Crippen LogP contribution in [0.2, 0.25) is 35.2 Å². The lowest BCUT2D eigenvalue weighted by atomic mass is 10.2. The second-order valence-electron chi connectivity index (χ2n) is 21.7. The average molecular weight is 1450 g/mol. The number of ether oxygens (including phenoxy) is 1. The Bertz CT molecular complexity index is 3130. The molecule has 0 spiro atoms. The van der Waals surface area contributed by atoms with Gasteiger partial charge in [-0.15, -0.1) is 0 Å². The topological polar surface area (TPSA) is 217 Å². The molecule has 0 aliphatic carbocycles. The highest BCUT2D eigenvalue weighted by Crippen LogP contribution is 2.30. The molecule has 0 atom stereocenters. The van der Waals surface area contributed by atoms with E-state index in [9.17, 15) is 33.6 Å². The number of amides is 7. The van der Waals surface area contributed by atoms with Crippen LogP contribution in [0.3, 0.4) is 0 Å². The summed E-state index contributed by atoms with van der Waals surface area (Å²) in [6, 6.07) is 22.7. The molecule has 0 saturated carbocycles. The monoisotopic (exact) mass is 1440 g/mol. The molecule has 19 nitrogen and oxygen atoms in total. The molecule has 522 valence electrons. The summed E-state index contributed by atoms with van der Waals surface area (Å²) in [4.78, 5) is 91.7. The maximum Gasteiger partial charge on any atom is 0.313 e. The number of nitrogens with one attached hydrogen (secondary N) is 6. The Morgan fingerprint density at radius 2 is 0.713 bits per heavy atom. The highest BCUT2D eigenvalue weighted by atomic mass is 35.5. The van der Waals surface area contributed by atoms with E-state index in [1.807, 2.05) is 60.8 Å². The smallest absolute Gasteiger partial charge is 0.313 e. The molecule has 26 heteroatoms. The molecule has 0 unspecified atom stereocenters. The largest absolute Gasteiger partial charge is 0.378 e. The zero-order valence-corrected chi connectivity index (χ0v) is 56.4. The number of rotatable bonds is 11. The Kier molecular flexibility index (Phi) is 42.1. The second-order valence-corrected chi connectivity index (χ2v) is 24.6. The van der Waals surface area contributed by atoms with Gasteiger partial charge in [-0.2, -0.15) is 0 Å². The first-order chi connectivity index (χ1) is 42.3. The number of hydrogen-bond donors (Lipinski definition) is 6. The van der Waals surface area contributed by atoms with Gasteiger partial charge in [-0.25, -0.2) is 0 Å². The van der Waals surface area contributed by atoms with Crippen molar-refractivity contribution in [2.24, 2.45) is 0 Å². The predicted molar refractivity (Wildman–Crippen MR) is 395 cm³/mol. The highest BCUT2D eigenvalue weighted by Gasteiger charge is 2.25. The Labute approximate surface area is 593 Å². The molecule has 4 saturated heterocycles. The van der Waals surface area contributed by atoms with Crippen molar-refractivity contribution in [3.05, 3.63) is 142 Å². The molecular weight excluding hydrogens is 1350 g/mol. The predicted octanol–water partition coefficient (Wildman–Crippen LogP) is 14.5. The molecule has 5 aromatic rings. The lowest BCUT2D eigenvalue weighted by molar-refractivity contribution is -0.145. The minimum absolute atomic E-state index is 0. The minimum atomic E-state index is -0.651. The van der Waals surface area contributed by atoms with E-state index < -0.39 is 23.6 Å². The Balaban J connectivity index is 0.00000114. The summed E-state index contributed by atoms with van der Waals surface area (Å²) in [7, 11) is 3.66. The Morgan fingerprint density at radius 3 is 1.04 bits per heavy atom. The van der Waals surface area contributed by atoms with Crippen LogP contribution in [0.1, 0.15) is 90.6 Å². The molecule has 9 rings (SSSR count). The summed E-state index contributed by atoms with van der Waals surface area (Å²) in [6.45, 7) is 19.0. The lowest BCUT2D eigenvalue weighted by Gasteiger charge is -2.26. The van der Waals surface area contributed by atoms with Crippen LogP contribution in [0.15, 0.2) is 78.9 Å². The first-order valence-electron chi connectivity index (χ1n) is 28.9. The van der Waals surface area contributed by atoms with Crippen LogP contribution < -0.4 is 31.9 Å². The molecule has 6 N–H and O–H groups in total. The number of likely N-dealkylation sites (N-methyl/N-ethyl adjacent to an activating group) is 1. The molecule has 94 heavy (non-hydrogen) atoms. The first-order valence-corrected chi connectivity index (χ1v) is 31.6. The normalized spacial score (nSPS) is 13.9. The van der Waals surface area contributed by atoms with E-state index >= 15 is 0 Å². The summed E-state index contributed by atoms with van der Waals surface area (Å²) in [6.07, 6.45) is 4.75. The van der Waals surface area contributed by atoms with E-state index in [0.29, 0.717) is 117 Å². The maximum absolute atomic E-state index is 11.9. The summed E-state index contributed by atoms with van der Waals surface area (Å²) in [5, 5.41) is 20.7. The third kappa shape index (κ3) is 30.5. The van der Waals surface area contributed by atoms with E-state index in [1.165, 1.54) is 30.6 Å². The quantitative estimate of drug-likeness (QED) is 0.0681. The summed E-state index contributed by atoms with van der Waals surface area (Å²) < 4.78 is 5.13. The third-order valence-electron chi connectivity index (χ3n) is 14.1. The number of likely N-dealkylation sites (tertiary alicyclic amines) is 2. The Hall–Kier alpha value is -5.78. The number of hydrogen-bond acceptors (Lipinski definition) is 12. The number of benzene rings is 5. The van der Waals surface area contributed by atoms with E-state index in [-0.39, 0.29) is 54.9 Å². The molecule has 4 aliphatic rings. The van der Waals surface area contributed by atoms with Crippen LogP contribution in [-0.2, 0) is 38.3 Å². The number of carbonyl (C=O) groups excluding carboxylic acids is 7. The van der Waals surface area contributed by atoms with Gasteiger partial charge in [-0.05, 0) is 189 Å². The van der Waals surface area contributed by atoms with Gasteiger partial charge in [-0.3, -0.25) is 43.4 Å². The fraction of sp³-hybridized carbons (Fsp3) is 0.456.